The molecule has 1 fully saturated rings. The molecule has 7 amide bonds. The fraction of sp³-hybridized carbons (Fsp3) is 0.527. The van der Waals surface area contributed by atoms with Crippen LogP contribution in [0.1, 0.15) is 120 Å². The van der Waals surface area contributed by atoms with Crippen LogP contribution in [0.5, 0.6) is 0 Å². The molecule has 76 heavy (non-hydrogen) atoms. The summed E-state index contributed by atoms with van der Waals surface area (Å²) in [5, 5.41) is 45.2. The Morgan fingerprint density at radius 1 is 0.632 bits per heavy atom. The number of carbonyl (C=O) groups excluding carboxylic acids is 7. The molecule has 0 saturated heterocycles. The Morgan fingerprint density at radius 2 is 1.26 bits per heavy atom. The normalized spacial score (nSPS) is 16.8. The number of unbranched alkanes of at least 4 members (excludes halogenated alkanes) is 1. The molecule has 21 heteroatoms. The Morgan fingerprint density at radius 3 is 1.88 bits per heavy atom. The molecule has 13 N–H and O–H groups in total. The lowest BCUT2D eigenvalue weighted by molar-refractivity contribution is -0.141. The second-order valence-electron chi connectivity index (χ2n) is 20.3. The molecule has 0 heterocycles. The van der Waals surface area contributed by atoms with Crippen molar-refractivity contribution in [3.8, 4) is 0 Å². The van der Waals surface area contributed by atoms with E-state index >= 15 is 0 Å². The van der Waals surface area contributed by atoms with Crippen LogP contribution in [0, 0.1) is 23.7 Å². The minimum atomic E-state index is -1.55. The van der Waals surface area contributed by atoms with E-state index in [2.05, 4.69) is 51.5 Å². The van der Waals surface area contributed by atoms with E-state index in [9.17, 15) is 58.2 Å². The molecular formula is C55H76N8O13. The zero-order valence-electron chi connectivity index (χ0n) is 44.6. The molecule has 0 aliphatic heterocycles. The number of nitrogens with one attached hydrogen (secondary N) is 6. The van der Waals surface area contributed by atoms with Crippen molar-refractivity contribution in [3.05, 3.63) is 83.4 Å². The van der Waals surface area contributed by atoms with Crippen molar-refractivity contribution in [3.63, 3.8) is 0 Å². The van der Waals surface area contributed by atoms with Gasteiger partial charge in [-0.05, 0) is 117 Å². The van der Waals surface area contributed by atoms with Gasteiger partial charge in [-0.3, -0.25) is 33.6 Å². The predicted octanol–water partition coefficient (Wildman–Crippen LogP) is 3.43. The molecule has 414 valence electrons. The Bertz CT molecular complexity index is 2520. The number of aliphatic carboxylic acids is 3. The van der Waals surface area contributed by atoms with E-state index in [1.54, 1.807) is 6.92 Å². The van der Waals surface area contributed by atoms with E-state index in [4.69, 9.17) is 12.3 Å². The maximum absolute atomic E-state index is 13.9. The molecule has 1 aliphatic carbocycles. The first-order valence-electron chi connectivity index (χ1n) is 26.6. The van der Waals surface area contributed by atoms with E-state index in [1.165, 1.54) is 0 Å². The molecule has 0 aromatic heterocycles. The average Bonchev–Trinajstić information content (AvgIpc) is 3.38. The number of nitrogens with two attached hydrogens (primary N) is 2. The molecule has 3 aromatic carbocycles. The molecule has 21 nitrogen and oxygen atoms in total. The largest absolute Gasteiger partial charge is 0.481 e. The monoisotopic (exact) mass is 1060 g/mol. The van der Waals surface area contributed by atoms with Gasteiger partial charge in [-0.15, -0.1) is 0 Å². The highest BCUT2D eigenvalue weighted by Crippen LogP contribution is 2.31. The SMILES string of the molecule is [2H]NC(CCNC(=O)C(CC(N)=O)NC(=O)C(C)c1ccc(CC(C)C)cc1)C(=O)NCC1CCC(C(=O)CC(Cc2ccc3ccccc3c2)C(=O)NCCCCC(NC(=O)NC(CCC(=O)O)C(=O)O)C(=O)O)CC1. The number of benzene rings is 3. The van der Waals surface area contributed by atoms with Crippen molar-refractivity contribution < 1.29 is 64.7 Å². The number of hydrogen-bond donors (Lipinski definition) is 11. The number of hydrogen-bond acceptors (Lipinski definition) is 11. The Labute approximate surface area is 444 Å². The Balaban J connectivity index is 1.25. The highest BCUT2D eigenvalue weighted by Gasteiger charge is 2.32. The molecule has 3 aromatic rings. The van der Waals surface area contributed by atoms with E-state index < -0.39 is 103 Å². The van der Waals surface area contributed by atoms with Gasteiger partial charge in [0.25, 0.3) is 0 Å². The third-order valence-electron chi connectivity index (χ3n) is 13.7. The van der Waals surface area contributed by atoms with Crippen molar-refractivity contribution in [2.24, 2.45) is 35.1 Å². The lowest BCUT2D eigenvalue weighted by atomic mass is 9.77. The molecule has 6 atom stereocenters. The summed E-state index contributed by atoms with van der Waals surface area (Å²) < 4.78 is 7.79. The zero-order chi connectivity index (χ0) is 56.6. The van der Waals surface area contributed by atoms with Crippen molar-refractivity contribution in [1.82, 2.24) is 31.9 Å². The standard InChI is InChI=1S/C55H76N8O13/c1-32(2)26-34-11-16-37(17-12-34)33(3)49(68)61-45(30-47(57)65)52(71)59-25-23-42(56)51(70)60-31-35-13-19-39(20-14-35)46(64)29-41(28-36-15-18-38-8-4-5-9-40(38)27-36)50(69)58-24-7-6-10-43(53(72)73)62-55(76)63-44(54(74)75)21-22-48(66)67/h4-5,8-9,11-12,15-18,27,32-33,35,39,41-45H,6-7,10,13-14,19-26,28-31,56H2,1-3H3,(H2,57,65)(H,58,69)(H,59,71)(H,60,70)(H,61,68)(H,66,67)(H,72,73)(H,74,75)(H2,62,63,76)/i/hD. The van der Waals surface area contributed by atoms with Gasteiger partial charge in [0.05, 0.1) is 18.4 Å². The predicted molar refractivity (Wildman–Crippen MR) is 282 cm³/mol. The molecule has 0 spiro atoms. The summed E-state index contributed by atoms with van der Waals surface area (Å²) in [7, 11) is 0. The molecule has 1 aliphatic rings. The van der Waals surface area contributed by atoms with Gasteiger partial charge < -0.3 is 58.7 Å². The van der Waals surface area contributed by atoms with E-state index in [0.717, 1.165) is 33.9 Å². The van der Waals surface area contributed by atoms with Crippen LogP contribution in [0.25, 0.3) is 10.8 Å². The number of amides is 7. The zero-order valence-corrected chi connectivity index (χ0v) is 43.6. The van der Waals surface area contributed by atoms with Gasteiger partial charge >= 0.3 is 23.9 Å². The van der Waals surface area contributed by atoms with Gasteiger partial charge in [-0.2, -0.15) is 0 Å². The maximum atomic E-state index is 13.9. The fourth-order valence-corrected chi connectivity index (χ4v) is 9.21. The lowest BCUT2D eigenvalue weighted by Gasteiger charge is -2.29. The van der Waals surface area contributed by atoms with E-state index in [0.29, 0.717) is 44.6 Å². The molecular weight excluding hydrogens is 981 g/mol. The van der Waals surface area contributed by atoms with Crippen LogP contribution < -0.4 is 43.4 Å². The number of carboxylic acids is 3. The van der Waals surface area contributed by atoms with Gasteiger partial charge in [0.2, 0.25) is 29.5 Å². The number of carbonyl (C=O) groups is 10. The topological polar surface area (TPSA) is 356 Å². The van der Waals surface area contributed by atoms with Gasteiger partial charge in [-0.25, -0.2) is 14.4 Å². The van der Waals surface area contributed by atoms with Crippen LogP contribution in [-0.2, 0) is 56.0 Å². The second kappa shape index (κ2) is 30.8. The molecule has 1 saturated carbocycles. The van der Waals surface area contributed by atoms with Crippen LogP contribution in [0.3, 0.4) is 0 Å². The maximum Gasteiger partial charge on any atom is 0.326 e. The summed E-state index contributed by atoms with van der Waals surface area (Å²) in [6.45, 7) is 6.30. The van der Waals surface area contributed by atoms with Gasteiger partial charge in [0.1, 0.15) is 25.3 Å². The summed E-state index contributed by atoms with van der Waals surface area (Å²) in [4.78, 5) is 126. The highest BCUT2D eigenvalue weighted by molar-refractivity contribution is 5.94. The number of ketones is 1. The lowest BCUT2D eigenvalue weighted by Crippen LogP contribution is -2.51. The van der Waals surface area contributed by atoms with E-state index in [-0.39, 0.29) is 68.7 Å². The van der Waals surface area contributed by atoms with Gasteiger partial charge in [-0.1, -0.05) is 80.6 Å². The first-order valence-corrected chi connectivity index (χ1v) is 26.1. The first-order chi connectivity index (χ1) is 36.6. The van der Waals surface area contributed by atoms with Crippen LogP contribution in [0.4, 0.5) is 4.79 Å². The minimum Gasteiger partial charge on any atom is -0.481 e. The number of fused-ring (bicyclic) bond motifs is 1. The van der Waals surface area contributed by atoms with Gasteiger partial charge in [0.15, 0.2) is 0 Å². The number of rotatable bonds is 33. The molecule has 0 radical (unpaired) electrons. The molecule has 6 unspecified atom stereocenters. The van der Waals surface area contributed by atoms with E-state index in [1.807, 2.05) is 66.7 Å². The minimum absolute atomic E-state index is 0.0210. The van der Waals surface area contributed by atoms with Gasteiger partial charge in [0, 0.05) is 44.3 Å². The summed E-state index contributed by atoms with van der Waals surface area (Å²) in [6, 6.07) is 15.0. The smallest absolute Gasteiger partial charge is 0.326 e. The first kappa shape index (κ1) is 59.5. The molecule has 0 bridgehead atoms. The fourth-order valence-electron chi connectivity index (χ4n) is 9.21. The average molecular weight is 1060 g/mol. The highest BCUT2D eigenvalue weighted by atomic mass is 16.4. The third-order valence-corrected chi connectivity index (χ3v) is 13.7. The summed E-state index contributed by atoms with van der Waals surface area (Å²) in [5.41, 5.74) is 10.4. The summed E-state index contributed by atoms with van der Waals surface area (Å²) in [5.74, 6) is -8.06. The second-order valence-corrected chi connectivity index (χ2v) is 20.3. The number of Topliss-reactive ketones (excluding diaryl/α,β-unsaturated/α-hetero) is 1. The molecule has 4 rings (SSSR count). The van der Waals surface area contributed by atoms with Crippen molar-refractivity contribution >= 4 is 70.0 Å². The van der Waals surface area contributed by atoms with Crippen molar-refractivity contribution in [2.75, 3.05) is 19.6 Å². The Kier molecular flexibility index (Phi) is 24.1. The summed E-state index contributed by atoms with van der Waals surface area (Å²) in [6.07, 6.45) is 2.63. The quantitative estimate of drug-likeness (QED) is 0.0390. The number of carboxylic acid groups (broad SMARTS) is 3. The van der Waals surface area contributed by atoms with Crippen LogP contribution in [0.15, 0.2) is 66.7 Å². The van der Waals surface area contributed by atoms with Crippen molar-refractivity contribution in [2.45, 2.75) is 141 Å². The Hall–Kier alpha value is -7.42. The summed E-state index contributed by atoms with van der Waals surface area (Å²) >= 11 is 0. The van der Waals surface area contributed by atoms with Crippen LogP contribution in [-0.4, -0.2) is 118 Å². The third kappa shape index (κ3) is 21.1. The number of urea groups is 1. The van der Waals surface area contributed by atoms with Crippen LogP contribution >= 0.6 is 0 Å². The van der Waals surface area contributed by atoms with Crippen LogP contribution in [0.2, 0.25) is 1.41 Å². The van der Waals surface area contributed by atoms with Crippen molar-refractivity contribution in [1.29, 1.82) is 0 Å². The number of primary amides is 1.